The molecule has 120 valence electrons. The maximum Gasteiger partial charge on any atom is 0.115 e. The van der Waals surface area contributed by atoms with E-state index in [1.54, 1.807) is 12.1 Å². The van der Waals surface area contributed by atoms with Crippen molar-refractivity contribution < 1.29 is 5.11 Å². The molecule has 1 N–H and O–H groups in total. The summed E-state index contributed by atoms with van der Waals surface area (Å²) in [6.45, 7) is 13.9. The van der Waals surface area contributed by atoms with Crippen molar-refractivity contribution in [2.45, 2.75) is 59.9 Å². The van der Waals surface area contributed by atoms with Gasteiger partial charge in [0, 0.05) is 6.04 Å². The largest absolute Gasteiger partial charge is 0.508 e. The van der Waals surface area contributed by atoms with Crippen molar-refractivity contribution in [1.82, 2.24) is 4.90 Å². The number of hydrogen-bond donors (Lipinski definition) is 1. The molecule has 1 rings (SSSR count). The summed E-state index contributed by atoms with van der Waals surface area (Å²) in [5.74, 6) is 1.86. The molecule has 0 aliphatic carbocycles. The molecule has 0 spiro atoms. The highest BCUT2D eigenvalue weighted by molar-refractivity contribution is 5.26. The van der Waals surface area contributed by atoms with Gasteiger partial charge in [-0.2, -0.15) is 0 Å². The number of nitrogens with zero attached hydrogens (tertiary/aromatic N) is 1. The van der Waals surface area contributed by atoms with Crippen LogP contribution in [0.1, 0.15) is 53.0 Å². The highest BCUT2D eigenvalue weighted by Gasteiger charge is 2.15. The van der Waals surface area contributed by atoms with Gasteiger partial charge in [-0.1, -0.05) is 39.8 Å². The van der Waals surface area contributed by atoms with Gasteiger partial charge in [0.05, 0.1) is 0 Å². The van der Waals surface area contributed by atoms with Gasteiger partial charge in [-0.05, 0) is 68.8 Å². The molecule has 0 bridgehead atoms. The lowest BCUT2D eigenvalue weighted by Gasteiger charge is -2.30. The topological polar surface area (TPSA) is 23.5 Å². The van der Waals surface area contributed by atoms with Crippen LogP contribution in [0.2, 0.25) is 0 Å². The Morgan fingerprint density at radius 3 is 1.76 bits per heavy atom. The van der Waals surface area contributed by atoms with Crippen molar-refractivity contribution in [2.24, 2.45) is 11.8 Å². The van der Waals surface area contributed by atoms with E-state index in [4.69, 9.17) is 0 Å². The van der Waals surface area contributed by atoms with E-state index in [1.165, 1.54) is 31.5 Å². The Hall–Kier alpha value is -1.02. The Bertz CT molecular complexity index is 371. The van der Waals surface area contributed by atoms with Crippen molar-refractivity contribution in [3.05, 3.63) is 29.8 Å². The number of benzene rings is 1. The maximum atomic E-state index is 9.38. The molecule has 0 fully saturated rings. The van der Waals surface area contributed by atoms with Gasteiger partial charge in [0.25, 0.3) is 0 Å². The predicted octanol–water partition coefficient (Wildman–Crippen LogP) is 4.72. The summed E-state index contributed by atoms with van der Waals surface area (Å²) < 4.78 is 0. The first-order valence-corrected chi connectivity index (χ1v) is 8.40. The zero-order valence-electron chi connectivity index (χ0n) is 14.5. The molecule has 1 aromatic carbocycles. The lowest BCUT2D eigenvalue weighted by Crippen LogP contribution is -2.37. The van der Waals surface area contributed by atoms with Gasteiger partial charge in [-0.15, -0.1) is 0 Å². The number of aromatic hydroxyl groups is 1. The molecule has 0 aliphatic rings. The zero-order valence-corrected chi connectivity index (χ0v) is 14.5. The summed E-state index contributed by atoms with van der Waals surface area (Å²) in [7, 11) is 0. The zero-order chi connectivity index (χ0) is 15.8. The molecule has 2 nitrogen and oxygen atoms in total. The quantitative estimate of drug-likeness (QED) is 0.712. The SMILES string of the molecule is CC(C)CCN(CCC(C)C)C(C)Cc1ccc(O)cc1. The summed E-state index contributed by atoms with van der Waals surface area (Å²) in [5.41, 5.74) is 1.30. The van der Waals surface area contributed by atoms with Crippen LogP contribution in [0.5, 0.6) is 5.75 Å². The minimum Gasteiger partial charge on any atom is -0.508 e. The third-order valence-electron chi connectivity index (χ3n) is 4.08. The molecule has 1 unspecified atom stereocenters. The van der Waals surface area contributed by atoms with Crippen LogP contribution < -0.4 is 0 Å². The Morgan fingerprint density at radius 2 is 1.33 bits per heavy atom. The summed E-state index contributed by atoms with van der Waals surface area (Å²) in [6, 6.07) is 8.19. The van der Waals surface area contributed by atoms with Gasteiger partial charge in [0.1, 0.15) is 5.75 Å². The second-order valence-corrected chi connectivity index (χ2v) is 7.12. The number of phenols is 1. The summed E-state index contributed by atoms with van der Waals surface area (Å²) in [6.07, 6.45) is 3.58. The molecule has 0 saturated heterocycles. The van der Waals surface area contributed by atoms with Gasteiger partial charge in [0.15, 0.2) is 0 Å². The van der Waals surface area contributed by atoms with Crippen molar-refractivity contribution in [3.63, 3.8) is 0 Å². The van der Waals surface area contributed by atoms with E-state index < -0.39 is 0 Å². The molecular formula is C19H33NO. The van der Waals surface area contributed by atoms with Crippen LogP contribution in [0.4, 0.5) is 0 Å². The third-order valence-corrected chi connectivity index (χ3v) is 4.08. The van der Waals surface area contributed by atoms with Crippen LogP contribution in [-0.4, -0.2) is 29.1 Å². The molecular weight excluding hydrogens is 258 g/mol. The van der Waals surface area contributed by atoms with Crippen molar-refractivity contribution in [3.8, 4) is 5.75 Å². The molecule has 21 heavy (non-hydrogen) atoms. The molecule has 0 heterocycles. The molecule has 0 aliphatic heterocycles. The van der Waals surface area contributed by atoms with Crippen LogP contribution in [0.25, 0.3) is 0 Å². The highest BCUT2D eigenvalue weighted by atomic mass is 16.3. The van der Waals surface area contributed by atoms with Crippen LogP contribution in [0.3, 0.4) is 0 Å². The van der Waals surface area contributed by atoms with E-state index in [0.29, 0.717) is 11.8 Å². The third kappa shape index (κ3) is 7.52. The second kappa shape index (κ2) is 9.09. The Labute approximate surface area is 131 Å². The van der Waals surface area contributed by atoms with Crippen LogP contribution in [-0.2, 0) is 6.42 Å². The van der Waals surface area contributed by atoms with E-state index in [-0.39, 0.29) is 0 Å². The molecule has 0 saturated carbocycles. The number of rotatable bonds is 9. The molecule has 2 heteroatoms. The van der Waals surface area contributed by atoms with Gasteiger partial charge >= 0.3 is 0 Å². The maximum absolute atomic E-state index is 9.38. The molecule has 0 radical (unpaired) electrons. The highest BCUT2D eigenvalue weighted by Crippen LogP contribution is 2.16. The van der Waals surface area contributed by atoms with E-state index in [2.05, 4.69) is 39.5 Å². The Morgan fingerprint density at radius 1 is 0.857 bits per heavy atom. The minimum atomic E-state index is 0.350. The van der Waals surface area contributed by atoms with Crippen LogP contribution in [0, 0.1) is 11.8 Å². The average molecular weight is 291 g/mol. The minimum absolute atomic E-state index is 0.350. The Kier molecular flexibility index (Phi) is 7.81. The molecule has 0 aromatic heterocycles. The van der Waals surface area contributed by atoms with Crippen LogP contribution in [0.15, 0.2) is 24.3 Å². The standard InChI is InChI=1S/C19H33NO/c1-15(2)10-12-20(13-11-16(3)4)17(5)14-18-6-8-19(21)9-7-18/h6-9,15-17,21H,10-14H2,1-5H3. The lowest BCUT2D eigenvalue weighted by molar-refractivity contribution is 0.186. The van der Waals surface area contributed by atoms with E-state index in [9.17, 15) is 5.11 Å². The fourth-order valence-corrected chi connectivity index (χ4v) is 2.50. The van der Waals surface area contributed by atoms with Crippen molar-refractivity contribution >= 4 is 0 Å². The number of phenolic OH excluding ortho intramolecular Hbond substituents is 1. The van der Waals surface area contributed by atoms with Gasteiger partial charge in [-0.3, -0.25) is 0 Å². The summed E-state index contributed by atoms with van der Waals surface area (Å²) in [5, 5.41) is 9.38. The van der Waals surface area contributed by atoms with E-state index >= 15 is 0 Å². The van der Waals surface area contributed by atoms with E-state index in [1.807, 2.05) is 12.1 Å². The van der Waals surface area contributed by atoms with Gasteiger partial charge < -0.3 is 10.0 Å². The Balaban J connectivity index is 2.59. The first-order chi connectivity index (χ1) is 9.88. The predicted molar refractivity (Wildman–Crippen MR) is 91.8 cm³/mol. The van der Waals surface area contributed by atoms with E-state index in [0.717, 1.165) is 18.3 Å². The normalized spacial score (nSPS) is 13.3. The second-order valence-electron chi connectivity index (χ2n) is 7.12. The van der Waals surface area contributed by atoms with Crippen molar-refractivity contribution in [2.75, 3.05) is 13.1 Å². The fourth-order valence-electron chi connectivity index (χ4n) is 2.50. The molecule has 1 atom stereocenters. The first-order valence-electron chi connectivity index (χ1n) is 8.40. The fraction of sp³-hybridized carbons (Fsp3) is 0.684. The summed E-state index contributed by atoms with van der Waals surface area (Å²) in [4.78, 5) is 2.63. The van der Waals surface area contributed by atoms with Gasteiger partial charge in [0.2, 0.25) is 0 Å². The van der Waals surface area contributed by atoms with Gasteiger partial charge in [-0.25, -0.2) is 0 Å². The van der Waals surface area contributed by atoms with Crippen molar-refractivity contribution in [1.29, 1.82) is 0 Å². The monoisotopic (exact) mass is 291 g/mol. The summed E-state index contributed by atoms with van der Waals surface area (Å²) >= 11 is 0. The molecule has 1 aromatic rings. The average Bonchev–Trinajstić information content (AvgIpc) is 2.40. The first kappa shape index (κ1) is 18.0. The number of hydrogen-bond acceptors (Lipinski definition) is 2. The lowest BCUT2D eigenvalue weighted by atomic mass is 10.0. The van der Waals surface area contributed by atoms with Crippen LogP contribution >= 0.6 is 0 Å². The molecule has 0 amide bonds. The smallest absolute Gasteiger partial charge is 0.115 e.